The summed E-state index contributed by atoms with van der Waals surface area (Å²) in [4.78, 5) is 22.1. The van der Waals surface area contributed by atoms with Crippen LogP contribution in [0.3, 0.4) is 0 Å². The summed E-state index contributed by atoms with van der Waals surface area (Å²) in [7, 11) is 0. The van der Waals surface area contributed by atoms with E-state index >= 15 is 0 Å². The predicted octanol–water partition coefficient (Wildman–Crippen LogP) is 4.62. The van der Waals surface area contributed by atoms with E-state index in [1.807, 2.05) is 11.1 Å². The van der Waals surface area contributed by atoms with Crippen molar-refractivity contribution in [2.24, 2.45) is 5.92 Å². The van der Waals surface area contributed by atoms with Crippen molar-refractivity contribution in [2.75, 3.05) is 18.4 Å². The number of anilines is 1. The molecule has 0 bridgehead atoms. The van der Waals surface area contributed by atoms with Crippen molar-refractivity contribution in [2.45, 2.75) is 78.3 Å². The third-order valence-electron chi connectivity index (χ3n) is 6.09. The first-order valence-corrected chi connectivity index (χ1v) is 11.2. The second kappa shape index (κ2) is 9.09. The van der Waals surface area contributed by atoms with Gasteiger partial charge in [0.05, 0.1) is 0 Å². The Hall–Kier alpha value is -1.56. The maximum Gasteiger partial charge on any atom is 0.219 e. The molecular formula is C21H34N4OS. The highest BCUT2D eigenvalue weighted by Gasteiger charge is 2.33. The number of carbonyl (C=O) groups excluding carboxylic acids is 1. The Morgan fingerprint density at radius 3 is 2.37 bits per heavy atom. The molecule has 1 amide bonds. The van der Waals surface area contributed by atoms with Crippen LogP contribution < -0.4 is 5.32 Å². The van der Waals surface area contributed by atoms with Gasteiger partial charge in [-0.3, -0.25) is 4.79 Å². The van der Waals surface area contributed by atoms with E-state index in [0.717, 1.165) is 37.0 Å². The molecule has 0 radical (unpaired) electrons. The quantitative estimate of drug-likeness (QED) is 0.797. The van der Waals surface area contributed by atoms with Crippen LogP contribution in [-0.4, -0.2) is 45.9 Å². The molecule has 1 aliphatic carbocycles. The average molecular weight is 391 g/mol. The van der Waals surface area contributed by atoms with Crippen LogP contribution in [0.25, 0.3) is 0 Å². The lowest BCUT2D eigenvalue weighted by molar-refractivity contribution is -0.130. The zero-order valence-electron chi connectivity index (χ0n) is 17.2. The fourth-order valence-corrected chi connectivity index (χ4v) is 5.15. The summed E-state index contributed by atoms with van der Waals surface area (Å²) in [6, 6.07) is 1.06. The molecule has 3 rings (SSSR count). The molecule has 0 aromatic carbocycles. The van der Waals surface area contributed by atoms with E-state index in [-0.39, 0.29) is 5.91 Å². The van der Waals surface area contributed by atoms with Crippen LogP contribution in [0.15, 0.2) is 18.1 Å². The molecule has 27 heavy (non-hydrogen) atoms. The molecule has 1 N–H and O–H groups in total. The number of thiazole rings is 1. The normalized spacial score (nSPS) is 24.7. The largest absolute Gasteiger partial charge is 0.352 e. The minimum absolute atomic E-state index is 0.203. The van der Waals surface area contributed by atoms with E-state index in [9.17, 15) is 4.79 Å². The number of piperidine rings is 1. The Morgan fingerprint density at radius 1 is 1.22 bits per heavy atom. The molecule has 0 unspecified atom stereocenters. The van der Waals surface area contributed by atoms with Gasteiger partial charge >= 0.3 is 0 Å². The molecule has 2 fully saturated rings. The zero-order chi connectivity index (χ0) is 19.4. The number of amides is 1. The lowest BCUT2D eigenvalue weighted by Crippen LogP contribution is -2.51. The second-order valence-corrected chi connectivity index (χ2v) is 9.37. The third-order valence-corrected chi connectivity index (χ3v) is 6.92. The van der Waals surface area contributed by atoms with Crippen LogP contribution >= 0.6 is 11.3 Å². The van der Waals surface area contributed by atoms with Crippen molar-refractivity contribution in [1.29, 1.82) is 0 Å². The molecule has 1 aromatic rings. The summed E-state index contributed by atoms with van der Waals surface area (Å²) in [5.41, 5.74) is 0. The van der Waals surface area contributed by atoms with Crippen LogP contribution in [0.2, 0.25) is 0 Å². The topological polar surface area (TPSA) is 48.5 Å². The first-order valence-electron chi connectivity index (χ1n) is 10.4. The van der Waals surface area contributed by atoms with Gasteiger partial charge in [0, 0.05) is 43.2 Å². The summed E-state index contributed by atoms with van der Waals surface area (Å²) in [6.07, 6.45) is 11.3. The monoisotopic (exact) mass is 390 g/mol. The molecule has 0 spiro atoms. The van der Waals surface area contributed by atoms with Crippen molar-refractivity contribution >= 4 is 22.4 Å². The number of aryl methyl sites for hydroxylation is 1. The van der Waals surface area contributed by atoms with Gasteiger partial charge in [0.25, 0.3) is 0 Å². The third kappa shape index (κ3) is 5.03. The lowest BCUT2D eigenvalue weighted by Gasteiger charge is -2.46. The molecule has 2 heterocycles. The number of aromatic nitrogens is 1. The Morgan fingerprint density at radius 2 is 1.85 bits per heavy atom. The van der Waals surface area contributed by atoms with E-state index in [4.69, 9.17) is 0 Å². The van der Waals surface area contributed by atoms with Crippen molar-refractivity contribution < 1.29 is 4.79 Å². The molecule has 1 saturated heterocycles. The van der Waals surface area contributed by atoms with Gasteiger partial charge < -0.3 is 15.1 Å². The molecule has 2 aliphatic rings. The second-order valence-electron chi connectivity index (χ2n) is 8.13. The summed E-state index contributed by atoms with van der Waals surface area (Å²) >= 11 is 1.70. The maximum atomic E-state index is 11.7. The van der Waals surface area contributed by atoms with E-state index in [1.54, 1.807) is 18.3 Å². The molecule has 150 valence electrons. The van der Waals surface area contributed by atoms with E-state index < -0.39 is 0 Å². The number of nitrogens with zero attached hydrogens (tertiary/aromatic N) is 3. The Kier molecular flexibility index (Phi) is 6.79. The summed E-state index contributed by atoms with van der Waals surface area (Å²) < 4.78 is 0. The number of allylic oxidation sites excluding steroid dienone is 1. The number of hydrogen-bond acceptors (Lipinski definition) is 5. The highest BCUT2D eigenvalue weighted by molar-refractivity contribution is 7.15. The van der Waals surface area contributed by atoms with Crippen LogP contribution in [0.5, 0.6) is 0 Å². The number of likely N-dealkylation sites (tertiary alicyclic amines) is 1. The minimum Gasteiger partial charge on any atom is -0.352 e. The smallest absolute Gasteiger partial charge is 0.219 e. The molecule has 1 aromatic heterocycles. The average Bonchev–Trinajstić information content (AvgIpc) is 3.08. The van der Waals surface area contributed by atoms with E-state index in [0.29, 0.717) is 12.1 Å². The van der Waals surface area contributed by atoms with Gasteiger partial charge in [-0.25, -0.2) is 4.98 Å². The molecule has 5 nitrogen and oxygen atoms in total. The summed E-state index contributed by atoms with van der Waals surface area (Å²) in [6.45, 7) is 10.0. The Labute approximate surface area is 167 Å². The highest BCUT2D eigenvalue weighted by Crippen LogP contribution is 2.34. The van der Waals surface area contributed by atoms with Crippen molar-refractivity contribution in [3.05, 3.63) is 23.0 Å². The number of rotatable bonds is 5. The first-order chi connectivity index (χ1) is 13.0. The first kappa shape index (κ1) is 20.2. The number of hydrogen-bond donors (Lipinski definition) is 1. The van der Waals surface area contributed by atoms with Crippen molar-refractivity contribution in [1.82, 2.24) is 14.8 Å². The van der Waals surface area contributed by atoms with Gasteiger partial charge in [-0.2, -0.15) is 0 Å². The van der Waals surface area contributed by atoms with Gasteiger partial charge in [0.1, 0.15) is 5.82 Å². The Balaban J connectivity index is 1.77. The number of nitrogens with one attached hydrogen (secondary N) is 1. The van der Waals surface area contributed by atoms with Gasteiger partial charge in [-0.15, -0.1) is 11.3 Å². The molecule has 1 saturated carbocycles. The SMILES string of the molecule is C/C=C(\Nc1ncc(C)s1)N(C1CCC(C)CC1)C1CCN(C(C)=O)CC1. The van der Waals surface area contributed by atoms with Crippen LogP contribution in [0, 0.1) is 12.8 Å². The Bertz CT molecular complexity index is 655. The van der Waals surface area contributed by atoms with Gasteiger partial charge in [-0.05, 0) is 64.4 Å². The van der Waals surface area contributed by atoms with E-state index in [2.05, 4.69) is 42.0 Å². The van der Waals surface area contributed by atoms with Crippen LogP contribution in [-0.2, 0) is 4.79 Å². The molecular weight excluding hydrogens is 356 g/mol. The summed E-state index contributed by atoms with van der Waals surface area (Å²) in [5.74, 6) is 2.23. The van der Waals surface area contributed by atoms with Crippen LogP contribution in [0.1, 0.15) is 64.2 Å². The minimum atomic E-state index is 0.203. The van der Waals surface area contributed by atoms with Crippen molar-refractivity contribution in [3.63, 3.8) is 0 Å². The molecule has 1 aliphatic heterocycles. The van der Waals surface area contributed by atoms with E-state index in [1.165, 1.54) is 36.4 Å². The van der Waals surface area contributed by atoms with Gasteiger partial charge in [0.2, 0.25) is 5.91 Å². The number of carbonyl (C=O) groups is 1. The molecule has 0 atom stereocenters. The fraction of sp³-hybridized carbons (Fsp3) is 0.714. The lowest BCUT2D eigenvalue weighted by atomic mass is 9.85. The fourth-order valence-electron chi connectivity index (χ4n) is 4.48. The summed E-state index contributed by atoms with van der Waals surface area (Å²) in [5, 5.41) is 4.57. The van der Waals surface area contributed by atoms with Crippen LogP contribution in [0.4, 0.5) is 5.13 Å². The predicted molar refractivity (Wildman–Crippen MR) is 113 cm³/mol. The standard InChI is InChI=1S/C21H34N4OS/c1-5-20(23-21-22-14-16(3)27-21)25(18-8-6-15(2)7-9-18)19-10-12-24(13-11-19)17(4)26/h5,14-15,18-19H,6-13H2,1-4H3,(H,22,23)/b20-5+. The van der Waals surface area contributed by atoms with Gasteiger partial charge in [0.15, 0.2) is 5.13 Å². The highest BCUT2D eigenvalue weighted by atomic mass is 32.1. The molecule has 6 heteroatoms. The maximum absolute atomic E-state index is 11.7. The van der Waals surface area contributed by atoms with Gasteiger partial charge in [-0.1, -0.05) is 6.92 Å². The van der Waals surface area contributed by atoms with Crippen molar-refractivity contribution in [3.8, 4) is 0 Å². The zero-order valence-corrected chi connectivity index (χ0v) is 18.0.